The second-order valence-electron chi connectivity index (χ2n) is 11.3. The van der Waals surface area contributed by atoms with E-state index >= 15 is 0 Å². The molecule has 210 valence electrons. The summed E-state index contributed by atoms with van der Waals surface area (Å²) in [6, 6.07) is 9.15. The molecular weight excluding hydrogens is 499 g/mol. The number of hydrogen-bond donors (Lipinski definition) is 1. The van der Waals surface area contributed by atoms with Gasteiger partial charge in [-0.3, -0.25) is 19.3 Å². The Labute approximate surface area is 229 Å². The zero-order valence-corrected chi connectivity index (χ0v) is 22.7. The van der Waals surface area contributed by atoms with Crippen LogP contribution in [0, 0.1) is 5.92 Å². The van der Waals surface area contributed by atoms with Crippen LogP contribution in [0.25, 0.3) is 0 Å². The molecule has 9 heteroatoms. The number of likely N-dealkylation sites (N-methyl/N-ethyl adjacent to an activating group) is 1. The van der Waals surface area contributed by atoms with Crippen molar-refractivity contribution in [3.05, 3.63) is 59.4 Å². The Balaban J connectivity index is 1.35. The largest absolute Gasteiger partial charge is 0.494 e. The van der Waals surface area contributed by atoms with Crippen molar-refractivity contribution >= 4 is 17.7 Å². The predicted octanol–water partition coefficient (Wildman–Crippen LogP) is 2.81. The zero-order valence-electron chi connectivity index (χ0n) is 22.7. The minimum atomic E-state index is -1.15. The number of rotatable bonds is 4. The number of alkyl halides is 1. The number of nitrogens with zero attached hydrogens (tertiary/aromatic N) is 3. The second-order valence-corrected chi connectivity index (χ2v) is 11.3. The predicted molar refractivity (Wildman–Crippen MR) is 145 cm³/mol. The van der Waals surface area contributed by atoms with Gasteiger partial charge < -0.3 is 19.9 Å². The highest BCUT2D eigenvalue weighted by atomic mass is 19.1. The minimum absolute atomic E-state index is 0.000940. The number of halogens is 1. The molecule has 4 aliphatic rings. The fraction of sp³-hybridized carbons (Fsp3) is 0.567. The van der Waals surface area contributed by atoms with Gasteiger partial charge in [-0.25, -0.2) is 4.39 Å². The van der Waals surface area contributed by atoms with Crippen LogP contribution in [-0.4, -0.2) is 90.5 Å². The van der Waals surface area contributed by atoms with Crippen LogP contribution in [0.2, 0.25) is 0 Å². The molecule has 0 saturated carbocycles. The molecule has 4 atom stereocenters. The van der Waals surface area contributed by atoms with Gasteiger partial charge in [0, 0.05) is 51.6 Å². The van der Waals surface area contributed by atoms with Crippen LogP contribution in [0.15, 0.2) is 53.8 Å². The van der Waals surface area contributed by atoms with E-state index in [1.54, 1.807) is 4.90 Å². The zero-order chi connectivity index (χ0) is 27.4. The number of amides is 3. The Kier molecular flexibility index (Phi) is 8.65. The topological polar surface area (TPSA) is 82.2 Å². The number of carbonyl (C=O) groups excluding carboxylic acids is 3. The quantitative estimate of drug-likeness (QED) is 0.638. The molecule has 39 heavy (non-hydrogen) atoms. The molecule has 2 saturated heterocycles. The monoisotopic (exact) mass is 538 g/mol. The van der Waals surface area contributed by atoms with Crippen molar-refractivity contribution in [2.24, 2.45) is 5.92 Å². The summed E-state index contributed by atoms with van der Waals surface area (Å²) in [5.74, 6) is -0.0363. The number of carbonyl (C=O) groups is 3. The third-order valence-electron chi connectivity index (χ3n) is 8.26. The summed E-state index contributed by atoms with van der Waals surface area (Å²) < 4.78 is 20.5. The molecule has 8 nitrogen and oxygen atoms in total. The Morgan fingerprint density at radius 2 is 1.85 bits per heavy atom. The van der Waals surface area contributed by atoms with Crippen LogP contribution in [0.1, 0.15) is 44.1 Å². The highest BCUT2D eigenvalue weighted by Crippen LogP contribution is 2.28. The standard InChI is InChI=1S/C30H39FN4O4/c1-33-10-11-35(19-21-7-3-2-4-8-21)30(38)27(33)18-25-14-22-13-24(31)17-26(15-22)39-12-6-5-9-34-20-23(16-28(34)36)29(37)32-25/h2-4,7-8,15,17,23-25,27H,5-6,9-14,16,18-20H2,1H3,(H,32,37)/t23?,24?,25-,27-/m0/s1. The van der Waals surface area contributed by atoms with Crippen molar-refractivity contribution in [1.82, 2.24) is 20.0 Å². The maximum absolute atomic E-state index is 14.7. The van der Waals surface area contributed by atoms with E-state index in [4.69, 9.17) is 4.74 Å². The van der Waals surface area contributed by atoms with Crippen LogP contribution >= 0.6 is 0 Å². The van der Waals surface area contributed by atoms with Crippen LogP contribution in [0.5, 0.6) is 0 Å². The van der Waals surface area contributed by atoms with Crippen LogP contribution in [0.4, 0.5) is 4.39 Å². The summed E-state index contributed by atoms with van der Waals surface area (Å²) in [5.41, 5.74) is 1.93. The molecular formula is C30H39FN4O4. The van der Waals surface area contributed by atoms with E-state index in [9.17, 15) is 18.8 Å². The van der Waals surface area contributed by atoms with Gasteiger partial charge in [0.15, 0.2) is 0 Å². The third-order valence-corrected chi connectivity index (χ3v) is 8.26. The van der Waals surface area contributed by atoms with Crippen molar-refractivity contribution in [3.63, 3.8) is 0 Å². The van der Waals surface area contributed by atoms with Gasteiger partial charge in [0.1, 0.15) is 11.9 Å². The molecule has 3 aliphatic heterocycles. The Bertz CT molecular complexity index is 1120. The van der Waals surface area contributed by atoms with E-state index in [0.29, 0.717) is 51.4 Å². The first kappa shape index (κ1) is 27.4. The van der Waals surface area contributed by atoms with Crippen molar-refractivity contribution < 1.29 is 23.5 Å². The van der Waals surface area contributed by atoms with Crippen molar-refractivity contribution in [3.8, 4) is 0 Å². The Morgan fingerprint density at radius 1 is 1.03 bits per heavy atom. The average molecular weight is 539 g/mol. The van der Waals surface area contributed by atoms with E-state index in [1.807, 2.05) is 53.3 Å². The van der Waals surface area contributed by atoms with E-state index in [0.717, 1.165) is 30.5 Å². The average Bonchev–Trinajstić information content (AvgIpc) is 3.28. The lowest BCUT2D eigenvalue weighted by molar-refractivity contribution is -0.142. The molecule has 2 unspecified atom stereocenters. The maximum atomic E-state index is 14.7. The first-order valence-corrected chi connectivity index (χ1v) is 14.1. The fourth-order valence-corrected chi connectivity index (χ4v) is 6.07. The highest BCUT2D eigenvalue weighted by Gasteiger charge is 2.38. The van der Waals surface area contributed by atoms with Gasteiger partial charge in [0.2, 0.25) is 17.7 Å². The lowest BCUT2D eigenvalue weighted by atomic mass is 9.91. The number of piperazine rings is 1. The second kappa shape index (κ2) is 12.3. The Morgan fingerprint density at radius 3 is 2.67 bits per heavy atom. The number of fused-ring (bicyclic) bond motifs is 3. The summed E-state index contributed by atoms with van der Waals surface area (Å²) in [7, 11) is 1.94. The Hall–Kier alpha value is -3.20. The normalized spacial score (nSPS) is 29.1. The number of nitrogens with one attached hydrogen (secondary N) is 1. The maximum Gasteiger partial charge on any atom is 0.240 e. The fourth-order valence-electron chi connectivity index (χ4n) is 6.07. The molecule has 0 aromatic heterocycles. The molecule has 3 heterocycles. The molecule has 1 N–H and O–H groups in total. The van der Waals surface area contributed by atoms with Crippen molar-refractivity contribution in [1.29, 1.82) is 0 Å². The third kappa shape index (κ3) is 6.87. The molecule has 1 aliphatic carbocycles. The lowest BCUT2D eigenvalue weighted by Crippen LogP contribution is -2.57. The van der Waals surface area contributed by atoms with Gasteiger partial charge in [0.05, 0.1) is 18.6 Å². The molecule has 1 aromatic rings. The van der Waals surface area contributed by atoms with E-state index in [-0.39, 0.29) is 36.6 Å². The SMILES string of the molecule is CN1CCN(Cc2ccccc2)C(=O)[C@@H]1C[C@@H]1CC2=CC(=CC(F)C2)OCCCCN2CC(CC2=O)C(=O)N1. The van der Waals surface area contributed by atoms with Gasteiger partial charge in [-0.2, -0.15) is 0 Å². The van der Waals surface area contributed by atoms with Gasteiger partial charge in [-0.05, 0) is 50.4 Å². The van der Waals surface area contributed by atoms with E-state index in [1.165, 1.54) is 6.08 Å². The summed E-state index contributed by atoms with van der Waals surface area (Å²) in [6.45, 7) is 3.35. The molecule has 1 aromatic carbocycles. The van der Waals surface area contributed by atoms with Gasteiger partial charge in [-0.15, -0.1) is 0 Å². The number of ether oxygens (including phenoxy) is 1. The minimum Gasteiger partial charge on any atom is -0.494 e. The number of allylic oxidation sites excluding steroid dienone is 2. The number of hydrogen-bond acceptors (Lipinski definition) is 5. The van der Waals surface area contributed by atoms with Crippen LogP contribution in [0.3, 0.4) is 0 Å². The van der Waals surface area contributed by atoms with E-state index in [2.05, 4.69) is 5.32 Å². The van der Waals surface area contributed by atoms with Crippen LogP contribution < -0.4 is 5.32 Å². The number of benzene rings is 1. The smallest absolute Gasteiger partial charge is 0.240 e. The molecule has 0 spiro atoms. The van der Waals surface area contributed by atoms with E-state index < -0.39 is 18.1 Å². The molecule has 3 amide bonds. The van der Waals surface area contributed by atoms with Crippen molar-refractivity contribution in [2.45, 2.75) is 63.3 Å². The summed E-state index contributed by atoms with van der Waals surface area (Å²) in [6.07, 6.45) is 5.03. The molecule has 2 fully saturated rings. The molecule has 0 radical (unpaired) electrons. The summed E-state index contributed by atoms with van der Waals surface area (Å²) >= 11 is 0. The first-order valence-electron chi connectivity index (χ1n) is 14.1. The van der Waals surface area contributed by atoms with Gasteiger partial charge in [-0.1, -0.05) is 35.9 Å². The summed E-state index contributed by atoms with van der Waals surface area (Å²) in [4.78, 5) is 45.3. The van der Waals surface area contributed by atoms with Gasteiger partial charge >= 0.3 is 0 Å². The first-order chi connectivity index (χ1) is 18.9. The summed E-state index contributed by atoms with van der Waals surface area (Å²) in [5, 5.41) is 3.17. The molecule has 5 rings (SSSR count). The lowest BCUT2D eigenvalue weighted by Gasteiger charge is -2.40. The highest BCUT2D eigenvalue weighted by molar-refractivity contribution is 5.89. The van der Waals surface area contributed by atoms with Crippen LogP contribution in [-0.2, 0) is 25.7 Å². The molecule has 4 bridgehead atoms. The van der Waals surface area contributed by atoms with Gasteiger partial charge in [0.25, 0.3) is 0 Å². The van der Waals surface area contributed by atoms with Crippen molar-refractivity contribution in [2.75, 3.05) is 39.8 Å².